The van der Waals surface area contributed by atoms with Gasteiger partial charge < -0.3 is 0 Å². The highest BCUT2D eigenvalue weighted by atomic mass is 32.1. The van der Waals surface area contributed by atoms with Crippen LogP contribution in [0.2, 0.25) is 0 Å². The van der Waals surface area contributed by atoms with Crippen molar-refractivity contribution < 1.29 is 0 Å². The minimum absolute atomic E-state index is 0.224. The number of hydrogen-bond donors (Lipinski definition) is 0. The molecule has 15 heavy (non-hydrogen) atoms. The number of azide groups is 1. The SMILES string of the molecule is [N-]=[N+]=NCc1ccc(-c2nccs2)nn1. The predicted molar refractivity (Wildman–Crippen MR) is 56.0 cm³/mol. The molecule has 0 aromatic carbocycles. The van der Waals surface area contributed by atoms with Gasteiger partial charge in [0.25, 0.3) is 0 Å². The molecule has 0 radical (unpaired) electrons. The van der Waals surface area contributed by atoms with Gasteiger partial charge in [0.05, 0.1) is 12.2 Å². The highest BCUT2D eigenvalue weighted by Gasteiger charge is 2.02. The summed E-state index contributed by atoms with van der Waals surface area (Å²) in [6, 6.07) is 3.59. The number of nitrogens with zero attached hydrogens (tertiary/aromatic N) is 6. The van der Waals surface area contributed by atoms with Gasteiger partial charge >= 0.3 is 0 Å². The molecule has 0 atom stereocenters. The molecule has 2 heterocycles. The Balaban J connectivity index is 2.21. The van der Waals surface area contributed by atoms with Gasteiger partial charge in [0.1, 0.15) is 10.7 Å². The van der Waals surface area contributed by atoms with E-state index in [0.717, 1.165) is 10.7 Å². The van der Waals surface area contributed by atoms with Crippen LogP contribution in [-0.4, -0.2) is 15.2 Å². The van der Waals surface area contributed by atoms with Crippen molar-refractivity contribution in [1.29, 1.82) is 0 Å². The van der Waals surface area contributed by atoms with Crippen LogP contribution in [0.15, 0.2) is 28.8 Å². The average molecular weight is 218 g/mol. The summed E-state index contributed by atoms with van der Waals surface area (Å²) in [6.07, 6.45) is 1.72. The molecule has 6 nitrogen and oxygen atoms in total. The van der Waals surface area contributed by atoms with E-state index >= 15 is 0 Å². The van der Waals surface area contributed by atoms with E-state index in [9.17, 15) is 0 Å². The van der Waals surface area contributed by atoms with Crippen molar-refractivity contribution in [3.05, 3.63) is 39.8 Å². The summed E-state index contributed by atoms with van der Waals surface area (Å²) in [5.74, 6) is 0. The van der Waals surface area contributed by atoms with E-state index in [2.05, 4.69) is 25.2 Å². The van der Waals surface area contributed by atoms with Crippen LogP contribution in [0.3, 0.4) is 0 Å². The Kier molecular flexibility index (Phi) is 2.87. The van der Waals surface area contributed by atoms with E-state index in [-0.39, 0.29) is 6.54 Å². The first-order valence-electron chi connectivity index (χ1n) is 4.13. The highest BCUT2D eigenvalue weighted by Crippen LogP contribution is 2.18. The number of aromatic nitrogens is 3. The molecule has 0 aliphatic rings. The van der Waals surface area contributed by atoms with Gasteiger partial charge in [-0.05, 0) is 17.7 Å². The Morgan fingerprint density at radius 3 is 2.93 bits per heavy atom. The van der Waals surface area contributed by atoms with Crippen molar-refractivity contribution in [2.24, 2.45) is 5.11 Å². The molecule has 0 spiro atoms. The first-order valence-corrected chi connectivity index (χ1v) is 5.01. The molecule has 2 aromatic rings. The molecular weight excluding hydrogens is 212 g/mol. The van der Waals surface area contributed by atoms with Crippen molar-refractivity contribution >= 4 is 11.3 Å². The van der Waals surface area contributed by atoms with E-state index in [4.69, 9.17) is 5.53 Å². The number of hydrogen-bond acceptors (Lipinski definition) is 5. The Hall–Kier alpha value is -1.98. The maximum atomic E-state index is 8.13. The Morgan fingerprint density at radius 1 is 1.40 bits per heavy atom. The molecule has 2 rings (SSSR count). The lowest BCUT2D eigenvalue weighted by atomic mass is 10.3. The molecule has 0 saturated heterocycles. The normalized spacial score (nSPS) is 9.60. The third-order valence-corrected chi connectivity index (χ3v) is 2.46. The fourth-order valence-electron chi connectivity index (χ4n) is 1.01. The van der Waals surface area contributed by atoms with Crippen LogP contribution in [-0.2, 0) is 6.54 Å². The first-order chi connectivity index (χ1) is 7.40. The van der Waals surface area contributed by atoms with Crippen LogP contribution >= 0.6 is 11.3 Å². The Bertz CT molecular complexity index is 470. The van der Waals surface area contributed by atoms with E-state index in [1.165, 1.54) is 11.3 Å². The highest BCUT2D eigenvalue weighted by molar-refractivity contribution is 7.13. The molecule has 0 fully saturated rings. The third-order valence-electron chi connectivity index (χ3n) is 1.67. The summed E-state index contributed by atoms with van der Waals surface area (Å²) in [5.41, 5.74) is 9.51. The van der Waals surface area contributed by atoms with Gasteiger partial charge in [0.15, 0.2) is 0 Å². The Labute approximate surface area is 89.3 Å². The summed E-state index contributed by atoms with van der Waals surface area (Å²) >= 11 is 1.50. The van der Waals surface area contributed by atoms with Crippen molar-refractivity contribution in [3.8, 4) is 10.7 Å². The molecule has 7 heteroatoms. The van der Waals surface area contributed by atoms with E-state index in [1.807, 2.05) is 11.4 Å². The van der Waals surface area contributed by atoms with E-state index in [1.54, 1.807) is 12.3 Å². The molecule has 2 aromatic heterocycles. The van der Waals surface area contributed by atoms with Crippen LogP contribution in [0, 0.1) is 0 Å². The molecule has 0 aliphatic heterocycles. The van der Waals surface area contributed by atoms with Crippen LogP contribution in [0.5, 0.6) is 0 Å². The van der Waals surface area contributed by atoms with Gasteiger partial charge in [-0.2, -0.15) is 5.10 Å². The zero-order valence-corrected chi connectivity index (χ0v) is 8.42. The molecular formula is C8H6N6S. The number of thiazole rings is 1. The third kappa shape index (κ3) is 2.28. The second kappa shape index (κ2) is 4.50. The molecule has 0 aliphatic carbocycles. The maximum Gasteiger partial charge on any atom is 0.143 e. The fraction of sp³-hybridized carbons (Fsp3) is 0.125. The summed E-state index contributed by atoms with van der Waals surface area (Å²) < 4.78 is 0. The monoisotopic (exact) mass is 218 g/mol. The molecule has 74 valence electrons. The van der Waals surface area contributed by atoms with Crippen molar-refractivity contribution in [1.82, 2.24) is 15.2 Å². The van der Waals surface area contributed by atoms with Crippen LogP contribution < -0.4 is 0 Å². The lowest BCUT2D eigenvalue weighted by Crippen LogP contribution is -1.92. The minimum Gasteiger partial charge on any atom is -0.243 e. The predicted octanol–water partition coefficient (Wildman–Crippen LogP) is 2.41. The van der Waals surface area contributed by atoms with Crippen molar-refractivity contribution in [2.75, 3.05) is 0 Å². The van der Waals surface area contributed by atoms with Gasteiger partial charge in [-0.3, -0.25) is 0 Å². The minimum atomic E-state index is 0.224. The van der Waals surface area contributed by atoms with Gasteiger partial charge in [0, 0.05) is 16.5 Å². The molecule has 0 bridgehead atoms. The molecule has 0 N–H and O–H groups in total. The Morgan fingerprint density at radius 2 is 2.33 bits per heavy atom. The molecule has 0 saturated carbocycles. The number of rotatable bonds is 3. The van der Waals surface area contributed by atoms with Gasteiger partial charge in [-0.1, -0.05) is 5.11 Å². The van der Waals surface area contributed by atoms with Crippen LogP contribution in [0.25, 0.3) is 21.1 Å². The van der Waals surface area contributed by atoms with Crippen molar-refractivity contribution in [3.63, 3.8) is 0 Å². The summed E-state index contributed by atoms with van der Waals surface area (Å²) in [7, 11) is 0. The van der Waals surface area contributed by atoms with Gasteiger partial charge in [0.2, 0.25) is 0 Å². The van der Waals surface area contributed by atoms with Gasteiger partial charge in [-0.15, -0.1) is 16.4 Å². The first kappa shape index (κ1) is 9.57. The summed E-state index contributed by atoms with van der Waals surface area (Å²) in [5, 5.41) is 14.0. The lowest BCUT2D eigenvalue weighted by Gasteiger charge is -1.95. The lowest BCUT2D eigenvalue weighted by molar-refractivity contribution is 0.895. The summed E-state index contributed by atoms with van der Waals surface area (Å²) in [4.78, 5) is 6.76. The summed E-state index contributed by atoms with van der Waals surface area (Å²) in [6.45, 7) is 0.224. The topological polar surface area (TPSA) is 87.4 Å². The van der Waals surface area contributed by atoms with Crippen molar-refractivity contribution in [2.45, 2.75) is 6.54 Å². The zero-order chi connectivity index (χ0) is 10.5. The molecule has 0 unspecified atom stereocenters. The average Bonchev–Trinajstić information content (AvgIpc) is 2.80. The fourth-order valence-corrected chi connectivity index (χ4v) is 1.61. The zero-order valence-electron chi connectivity index (χ0n) is 7.61. The van der Waals surface area contributed by atoms with E-state index in [0.29, 0.717) is 5.69 Å². The maximum absolute atomic E-state index is 8.13. The quantitative estimate of drug-likeness (QED) is 0.450. The standard InChI is InChI=1S/C8H6N6S/c9-14-11-5-6-1-2-7(13-12-6)8-10-3-4-15-8/h1-4H,5H2. The van der Waals surface area contributed by atoms with Gasteiger partial charge in [-0.25, -0.2) is 4.98 Å². The van der Waals surface area contributed by atoms with Crippen LogP contribution in [0.1, 0.15) is 5.69 Å². The second-order valence-electron chi connectivity index (χ2n) is 2.64. The largest absolute Gasteiger partial charge is 0.243 e. The molecule has 0 amide bonds. The second-order valence-corrected chi connectivity index (χ2v) is 3.53. The smallest absolute Gasteiger partial charge is 0.143 e. The van der Waals surface area contributed by atoms with E-state index < -0.39 is 0 Å². The van der Waals surface area contributed by atoms with Crippen LogP contribution in [0.4, 0.5) is 0 Å².